The quantitative estimate of drug-likeness (QED) is 0.393. The minimum atomic E-state index is -0.0217. The van der Waals surface area contributed by atoms with Crippen molar-refractivity contribution in [2.45, 2.75) is 26.2 Å². The van der Waals surface area contributed by atoms with Crippen LogP contribution in [0.5, 0.6) is 5.75 Å². The van der Waals surface area contributed by atoms with E-state index in [1.165, 1.54) is 11.3 Å². The van der Waals surface area contributed by atoms with Crippen molar-refractivity contribution in [2.24, 2.45) is 5.10 Å². The van der Waals surface area contributed by atoms with Crippen LogP contribution in [0.4, 0.5) is 5.13 Å². The first-order valence-corrected chi connectivity index (χ1v) is 9.85. The summed E-state index contributed by atoms with van der Waals surface area (Å²) in [6, 6.07) is 13.9. The van der Waals surface area contributed by atoms with Gasteiger partial charge in [-0.2, -0.15) is 5.10 Å². The van der Waals surface area contributed by atoms with E-state index in [4.69, 9.17) is 0 Å². The lowest BCUT2D eigenvalue weighted by Gasteiger charge is -2.20. The Hall–Kier alpha value is -2.18. The number of phenolic OH excluding ortho intramolecular Hbond substituents is 1. The molecule has 0 bridgehead atoms. The summed E-state index contributed by atoms with van der Waals surface area (Å²) in [7, 11) is 0. The number of aromatic nitrogens is 1. The van der Waals surface area contributed by atoms with Crippen LogP contribution in [0, 0.1) is 0 Å². The molecule has 0 aliphatic carbocycles. The number of nitrogens with one attached hydrogen (secondary N) is 1. The summed E-state index contributed by atoms with van der Waals surface area (Å²) in [5.74, 6) is 0.174. The van der Waals surface area contributed by atoms with Gasteiger partial charge in [-0.05, 0) is 39.0 Å². The van der Waals surface area contributed by atoms with E-state index in [-0.39, 0.29) is 11.2 Å². The molecule has 1 aromatic heterocycles. The van der Waals surface area contributed by atoms with Crippen molar-refractivity contribution in [3.05, 3.63) is 63.4 Å². The largest absolute Gasteiger partial charge is 0.506 e. The van der Waals surface area contributed by atoms with Crippen molar-refractivity contribution >= 4 is 38.6 Å². The van der Waals surface area contributed by atoms with E-state index >= 15 is 0 Å². The summed E-state index contributed by atoms with van der Waals surface area (Å²) in [5.41, 5.74) is 6.66. The number of halogens is 1. The van der Waals surface area contributed by atoms with Crippen LogP contribution in [0.2, 0.25) is 0 Å². The topological polar surface area (TPSA) is 57.5 Å². The van der Waals surface area contributed by atoms with Gasteiger partial charge in [0, 0.05) is 16.5 Å². The second-order valence-corrected chi connectivity index (χ2v) is 8.63. The summed E-state index contributed by atoms with van der Waals surface area (Å²) < 4.78 is 0.659. The molecule has 26 heavy (non-hydrogen) atoms. The zero-order valence-electron chi connectivity index (χ0n) is 14.8. The fraction of sp³-hybridized carbons (Fsp3) is 0.200. The van der Waals surface area contributed by atoms with Crippen LogP contribution in [-0.2, 0) is 5.41 Å². The highest BCUT2D eigenvalue weighted by molar-refractivity contribution is 9.10. The smallest absolute Gasteiger partial charge is 0.203 e. The predicted octanol–water partition coefficient (Wildman–Crippen LogP) is 6.02. The van der Waals surface area contributed by atoms with Crippen LogP contribution in [0.1, 0.15) is 31.9 Å². The number of aromatic hydroxyl groups is 1. The number of anilines is 1. The fourth-order valence-corrected chi connectivity index (χ4v) is 3.52. The van der Waals surface area contributed by atoms with E-state index in [1.807, 2.05) is 47.8 Å². The number of hydrazone groups is 1. The average molecular weight is 430 g/mol. The van der Waals surface area contributed by atoms with Crippen molar-refractivity contribution in [2.75, 3.05) is 5.43 Å². The number of phenols is 1. The number of thiazole rings is 1. The Balaban J connectivity index is 1.77. The van der Waals surface area contributed by atoms with E-state index in [2.05, 4.69) is 52.2 Å². The van der Waals surface area contributed by atoms with Crippen LogP contribution in [-0.4, -0.2) is 16.3 Å². The summed E-state index contributed by atoms with van der Waals surface area (Å²) in [5, 5.41) is 17.2. The Morgan fingerprint density at radius 1 is 1.19 bits per heavy atom. The molecule has 1 heterocycles. The van der Waals surface area contributed by atoms with Crippen molar-refractivity contribution in [1.82, 2.24) is 4.98 Å². The normalized spacial score (nSPS) is 11.8. The van der Waals surface area contributed by atoms with Gasteiger partial charge in [-0.1, -0.05) is 51.1 Å². The molecule has 0 amide bonds. The maximum atomic E-state index is 10.3. The predicted molar refractivity (Wildman–Crippen MR) is 113 cm³/mol. The van der Waals surface area contributed by atoms with Gasteiger partial charge in [0.2, 0.25) is 5.13 Å². The van der Waals surface area contributed by atoms with Crippen LogP contribution < -0.4 is 5.43 Å². The number of hydrogen-bond donors (Lipinski definition) is 2. The minimum absolute atomic E-state index is 0.0217. The highest BCUT2D eigenvalue weighted by Crippen LogP contribution is 2.33. The van der Waals surface area contributed by atoms with Gasteiger partial charge in [0.25, 0.3) is 0 Å². The molecule has 0 saturated carbocycles. The number of nitrogens with zero attached hydrogens (tertiary/aromatic N) is 2. The van der Waals surface area contributed by atoms with Gasteiger partial charge in [0.1, 0.15) is 5.75 Å². The molecule has 0 atom stereocenters. The summed E-state index contributed by atoms with van der Waals surface area (Å²) in [6.07, 6.45) is 1.61. The molecule has 0 spiro atoms. The van der Waals surface area contributed by atoms with Crippen LogP contribution in [0.25, 0.3) is 11.3 Å². The van der Waals surface area contributed by atoms with Crippen molar-refractivity contribution in [3.63, 3.8) is 0 Å². The molecule has 3 aromatic rings. The lowest BCUT2D eigenvalue weighted by Crippen LogP contribution is -2.11. The highest BCUT2D eigenvalue weighted by atomic mass is 79.9. The molecule has 0 fully saturated rings. The number of hydrogen-bond acceptors (Lipinski definition) is 5. The molecular formula is C20H20BrN3OS. The molecule has 3 rings (SSSR count). The van der Waals surface area contributed by atoms with E-state index < -0.39 is 0 Å². The Morgan fingerprint density at radius 2 is 1.92 bits per heavy atom. The standard InChI is InChI=1S/C20H20BrN3OS/c1-20(2,3)15-9-14(18(25)16(21)10-15)11-22-24-19-23-17(12-26-19)13-7-5-4-6-8-13/h4-12,25H,1-3H3,(H,23,24). The molecule has 0 aliphatic rings. The lowest BCUT2D eigenvalue weighted by atomic mass is 9.86. The first kappa shape index (κ1) is 18.6. The van der Waals surface area contributed by atoms with Gasteiger partial charge >= 0.3 is 0 Å². The first-order chi connectivity index (χ1) is 12.3. The third-order valence-corrected chi connectivity index (χ3v) is 5.25. The second kappa shape index (κ2) is 7.60. The lowest BCUT2D eigenvalue weighted by molar-refractivity contribution is 0.469. The molecule has 4 nitrogen and oxygen atoms in total. The van der Waals surface area contributed by atoms with Gasteiger partial charge in [-0.3, -0.25) is 5.43 Å². The van der Waals surface area contributed by atoms with Gasteiger partial charge in [-0.25, -0.2) is 4.98 Å². The second-order valence-electron chi connectivity index (χ2n) is 6.92. The Morgan fingerprint density at radius 3 is 2.62 bits per heavy atom. The summed E-state index contributed by atoms with van der Waals surface area (Å²) in [6.45, 7) is 6.39. The van der Waals surface area contributed by atoms with Crippen molar-refractivity contribution < 1.29 is 5.11 Å². The van der Waals surface area contributed by atoms with Gasteiger partial charge in [-0.15, -0.1) is 11.3 Å². The molecule has 0 unspecified atom stereocenters. The first-order valence-electron chi connectivity index (χ1n) is 8.17. The Labute approximate surface area is 165 Å². The zero-order valence-corrected chi connectivity index (χ0v) is 17.2. The Kier molecular flexibility index (Phi) is 5.44. The molecule has 0 radical (unpaired) electrons. The molecule has 134 valence electrons. The maximum Gasteiger partial charge on any atom is 0.203 e. The van der Waals surface area contributed by atoms with Gasteiger partial charge in [0.05, 0.1) is 16.4 Å². The van der Waals surface area contributed by atoms with Gasteiger partial charge in [0.15, 0.2) is 0 Å². The molecule has 0 saturated heterocycles. The third-order valence-electron chi connectivity index (χ3n) is 3.90. The summed E-state index contributed by atoms with van der Waals surface area (Å²) in [4.78, 5) is 4.53. The SMILES string of the molecule is CC(C)(C)c1cc(Br)c(O)c(C=NNc2nc(-c3ccccc3)cs2)c1. The average Bonchev–Trinajstić information content (AvgIpc) is 3.07. The molecule has 2 N–H and O–H groups in total. The third kappa shape index (κ3) is 4.31. The van der Waals surface area contributed by atoms with Crippen LogP contribution in [0.15, 0.2) is 57.4 Å². The van der Waals surface area contributed by atoms with E-state index in [1.54, 1.807) is 6.21 Å². The number of rotatable bonds is 4. The molecular weight excluding hydrogens is 410 g/mol. The van der Waals surface area contributed by atoms with Crippen molar-refractivity contribution in [1.29, 1.82) is 0 Å². The molecule has 6 heteroatoms. The molecule has 2 aromatic carbocycles. The Bertz CT molecular complexity index is 930. The van der Waals surface area contributed by atoms with E-state index in [0.717, 1.165) is 16.8 Å². The monoisotopic (exact) mass is 429 g/mol. The number of benzene rings is 2. The molecule has 0 aliphatic heterocycles. The van der Waals surface area contributed by atoms with E-state index in [0.29, 0.717) is 15.2 Å². The van der Waals surface area contributed by atoms with Crippen LogP contribution in [0.3, 0.4) is 0 Å². The minimum Gasteiger partial charge on any atom is -0.506 e. The summed E-state index contributed by atoms with van der Waals surface area (Å²) >= 11 is 4.90. The van der Waals surface area contributed by atoms with Crippen LogP contribution >= 0.6 is 27.3 Å². The highest BCUT2D eigenvalue weighted by Gasteiger charge is 2.17. The van der Waals surface area contributed by atoms with Crippen molar-refractivity contribution in [3.8, 4) is 17.0 Å². The fourth-order valence-electron chi connectivity index (χ4n) is 2.38. The zero-order chi connectivity index (χ0) is 18.7. The maximum absolute atomic E-state index is 10.3. The van der Waals surface area contributed by atoms with Gasteiger partial charge < -0.3 is 5.11 Å². The van der Waals surface area contributed by atoms with E-state index in [9.17, 15) is 5.11 Å².